The molecule has 3 aliphatic rings. The molecule has 2 fully saturated rings. The highest BCUT2D eigenvalue weighted by molar-refractivity contribution is 5.80. The minimum absolute atomic E-state index is 0.0717. The third kappa shape index (κ3) is 5.83. The first-order valence-electron chi connectivity index (χ1n) is 13.5. The first-order chi connectivity index (χ1) is 18.0. The van der Waals surface area contributed by atoms with Gasteiger partial charge in [-0.15, -0.1) is 0 Å². The van der Waals surface area contributed by atoms with Crippen LogP contribution in [0.25, 0.3) is 16.9 Å². The van der Waals surface area contributed by atoms with Crippen LogP contribution in [-0.2, 0) is 4.74 Å². The van der Waals surface area contributed by atoms with Crippen molar-refractivity contribution in [1.82, 2.24) is 5.32 Å². The van der Waals surface area contributed by atoms with Crippen molar-refractivity contribution in [1.29, 1.82) is 0 Å². The number of para-hydroxylation sites is 1. The summed E-state index contributed by atoms with van der Waals surface area (Å²) >= 11 is 0. The fourth-order valence-corrected chi connectivity index (χ4v) is 5.74. The molecule has 5 nitrogen and oxygen atoms in total. The molecule has 0 aliphatic carbocycles. The number of hydrogen-bond donors (Lipinski definition) is 3. The molecule has 3 aliphatic heterocycles. The molecule has 0 aromatic heterocycles. The second-order valence-corrected chi connectivity index (χ2v) is 10.3. The van der Waals surface area contributed by atoms with Gasteiger partial charge in [-0.05, 0) is 106 Å². The van der Waals surface area contributed by atoms with Crippen molar-refractivity contribution in [3.05, 3.63) is 65.3 Å². The van der Waals surface area contributed by atoms with Gasteiger partial charge >= 0.3 is 0 Å². The Labute approximate surface area is 217 Å². The highest BCUT2D eigenvalue weighted by Gasteiger charge is 2.28. The summed E-state index contributed by atoms with van der Waals surface area (Å²) in [7, 11) is 0. The number of anilines is 1. The Hall–Kier alpha value is -2.90. The second-order valence-electron chi connectivity index (χ2n) is 10.3. The minimum Gasteiger partial charge on any atom is -0.507 e. The summed E-state index contributed by atoms with van der Waals surface area (Å²) in [6.07, 6.45) is 11.0. The standard InChI is InChI=1S/C30H36F2N2O3/c31-25-18-22(19-26(32)29(25)34-15-3-9-28(34)35)23-7-1-8-24(30(23)36)27-17-21(6-4-16-37-27)11-10-20-5-2-13-33-14-12-20/h1,6-8,17-20,28,33,35-36H,2-5,9-16H2. The van der Waals surface area contributed by atoms with Crippen molar-refractivity contribution in [2.75, 3.05) is 31.1 Å². The van der Waals surface area contributed by atoms with E-state index >= 15 is 8.78 Å². The fourth-order valence-electron chi connectivity index (χ4n) is 5.74. The van der Waals surface area contributed by atoms with E-state index in [-0.39, 0.29) is 17.0 Å². The molecule has 0 bridgehead atoms. The lowest BCUT2D eigenvalue weighted by Crippen LogP contribution is -2.30. The van der Waals surface area contributed by atoms with Gasteiger partial charge in [-0.2, -0.15) is 0 Å². The molecule has 5 rings (SSSR count). The minimum atomic E-state index is -0.896. The predicted octanol–water partition coefficient (Wildman–Crippen LogP) is 6.11. The molecule has 3 N–H and O–H groups in total. The van der Waals surface area contributed by atoms with Crippen LogP contribution in [-0.4, -0.2) is 42.7 Å². The van der Waals surface area contributed by atoms with Crippen LogP contribution >= 0.6 is 0 Å². The lowest BCUT2D eigenvalue weighted by atomic mass is 9.92. The molecule has 2 aromatic carbocycles. The molecule has 2 unspecified atom stereocenters. The normalized spacial score (nSPS) is 22.6. The quantitative estimate of drug-likeness (QED) is 0.437. The molecule has 0 radical (unpaired) electrons. The molecule has 0 spiro atoms. The Bertz CT molecular complexity index is 1150. The van der Waals surface area contributed by atoms with E-state index in [1.165, 1.54) is 41.9 Å². The maximum atomic E-state index is 15.1. The summed E-state index contributed by atoms with van der Waals surface area (Å²) in [6, 6.07) is 7.61. The number of aromatic hydroxyl groups is 1. The van der Waals surface area contributed by atoms with Crippen molar-refractivity contribution < 1.29 is 23.7 Å². The number of aliphatic hydroxyl groups excluding tert-OH is 1. The fraction of sp³-hybridized carbons (Fsp3) is 0.467. The highest BCUT2D eigenvalue weighted by atomic mass is 19.1. The van der Waals surface area contributed by atoms with Crippen LogP contribution in [0.1, 0.15) is 56.9 Å². The van der Waals surface area contributed by atoms with Crippen molar-refractivity contribution in [3.8, 4) is 16.9 Å². The number of aliphatic hydroxyl groups is 1. The van der Waals surface area contributed by atoms with Crippen LogP contribution < -0.4 is 10.2 Å². The highest BCUT2D eigenvalue weighted by Crippen LogP contribution is 2.40. The van der Waals surface area contributed by atoms with E-state index in [0.717, 1.165) is 32.4 Å². The first-order valence-corrected chi connectivity index (χ1v) is 13.5. The Morgan fingerprint density at radius 3 is 2.62 bits per heavy atom. The summed E-state index contributed by atoms with van der Waals surface area (Å²) in [5.41, 5.74) is 2.04. The van der Waals surface area contributed by atoms with Crippen LogP contribution in [0.3, 0.4) is 0 Å². The SMILES string of the molecule is Oc1c(C2=CC(CCC3CCCNCC3)=CCCO2)cccc1-c1cc(F)c(N2CCCC2O)c(F)c1. The topological polar surface area (TPSA) is 65.0 Å². The number of ether oxygens (including phenoxy) is 1. The van der Waals surface area contributed by atoms with Gasteiger partial charge in [-0.25, -0.2) is 8.78 Å². The van der Waals surface area contributed by atoms with E-state index < -0.39 is 17.9 Å². The van der Waals surface area contributed by atoms with Gasteiger partial charge in [0.2, 0.25) is 0 Å². The maximum Gasteiger partial charge on any atom is 0.150 e. The molecule has 2 saturated heterocycles. The molecule has 37 heavy (non-hydrogen) atoms. The number of allylic oxidation sites excluding steroid dienone is 2. The lowest BCUT2D eigenvalue weighted by Gasteiger charge is -2.24. The smallest absolute Gasteiger partial charge is 0.150 e. The number of rotatable bonds is 6. The number of phenolic OH excluding ortho intramolecular Hbond substituents is 1. The van der Waals surface area contributed by atoms with Crippen molar-refractivity contribution >= 4 is 11.4 Å². The summed E-state index contributed by atoms with van der Waals surface area (Å²) in [4.78, 5) is 1.36. The van der Waals surface area contributed by atoms with Crippen LogP contribution in [0, 0.1) is 17.6 Å². The van der Waals surface area contributed by atoms with Gasteiger partial charge in [0.15, 0.2) is 0 Å². The zero-order valence-electron chi connectivity index (χ0n) is 21.2. The first kappa shape index (κ1) is 25.7. The summed E-state index contributed by atoms with van der Waals surface area (Å²) in [5.74, 6) is -0.307. The van der Waals surface area contributed by atoms with Gasteiger partial charge in [0.05, 0.1) is 12.2 Å². The van der Waals surface area contributed by atoms with Gasteiger partial charge in [-0.1, -0.05) is 18.2 Å². The third-order valence-corrected chi connectivity index (χ3v) is 7.77. The number of benzene rings is 2. The summed E-state index contributed by atoms with van der Waals surface area (Å²) < 4.78 is 36.1. The second kappa shape index (κ2) is 11.7. The summed E-state index contributed by atoms with van der Waals surface area (Å²) in [6.45, 7) is 3.08. The number of hydrogen-bond acceptors (Lipinski definition) is 5. The number of nitrogens with zero attached hydrogens (tertiary/aromatic N) is 1. The predicted molar refractivity (Wildman–Crippen MR) is 142 cm³/mol. The Balaban J connectivity index is 1.39. The van der Waals surface area contributed by atoms with E-state index in [0.29, 0.717) is 48.8 Å². The average Bonchev–Trinajstić information content (AvgIpc) is 3.07. The van der Waals surface area contributed by atoms with E-state index in [1.54, 1.807) is 18.2 Å². The molecular weight excluding hydrogens is 474 g/mol. The molecule has 0 amide bonds. The van der Waals surface area contributed by atoms with E-state index in [1.807, 2.05) is 6.08 Å². The Morgan fingerprint density at radius 2 is 1.84 bits per heavy atom. The molecule has 7 heteroatoms. The maximum absolute atomic E-state index is 15.1. The Morgan fingerprint density at radius 1 is 1.03 bits per heavy atom. The van der Waals surface area contributed by atoms with Gasteiger partial charge < -0.3 is 25.2 Å². The van der Waals surface area contributed by atoms with E-state index in [2.05, 4.69) is 11.4 Å². The molecule has 198 valence electrons. The van der Waals surface area contributed by atoms with E-state index in [4.69, 9.17) is 4.74 Å². The zero-order valence-corrected chi connectivity index (χ0v) is 21.2. The zero-order chi connectivity index (χ0) is 25.8. The van der Waals surface area contributed by atoms with Gasteiger partial charge in [0.1, 0.15) is 35.1 Å². The van der Waals surface area contributed by atoms with Crippen LogP contribution in [0.15, 0.2) is 48.1 Å². The molecular formula is C30H36F2N2O3. The monoisotopic (exact) mass is 510 g/mol. The van der Waals surface area contributed by atoms with Gasteiger partial charge in [-0.3, -0.25) is 0 Å². The number of halogens is 2. The molecule has 2 atom stereocenters. The van der Waals surface area contributed by atoms with Crippen LogP contribution in [0.2, 0.25) is 0 Å². The number of nitrogens with one attached hydrogen (secondary N) is 1. The van der Waals surface area contributed by atoms with Crippen molar-refractivity contribution in [2.24, 2.45) is 5.92 Å². The molecule has 2 aromatic rings. The van der Waals surface area contributed by atoms with Crippen molar-refractivity contribution in [2.45, 2.75) is 57.6 Å². The van der Waals surface area contributed by atoms with Gasteiger partial charge in [0.25, 0.3) is 0 Å². The van der Waals surface area contributed by atoms with Crippen LogP contribution in [0.5, 0.6) is 5.75 Å². The van der Waals surface area contributed by atoms with Crippen molar-refractivity contribution in [3.63, 3.8) is 0 Å². The third-order valence-electron chi connectivity index (χ3n) is 7.77. The average molecular weight is 511 g/mol. The van der Waals surface area contributed by atoms with Crippen LogP contribution in [0.4, 0.5) is 14.5 Å². The largest absolute Gasteiger partial charge is 0.507 e. The van der Waals surface area contributed by atoms with Gasteiger partial charge in [0, 0.05) is 12.1 Å². The summed E-state index contributed by atoms with van der Waals surface area (Å²) in [5, 5.41) is 24.8. The number of phenols is 1. The van der Waals surface area contributed by atoms with E-state index in [9.17, 15) is 10.2 Å². The molecule has 0 saturated carbocycles. The molecule has 3 heterocycles. The Kier molecular flexibility index (Phi) is 8.11. The lowest BCUT2D eigenvalue weighted by molar-refractivity contribution is 0.184.